The summed E-state index contributed by atoms with van der Waals surface area (Å²) in [5.74, 6) is 0. The summed E-state index contributed by atoms with van der Waals surface area (Å²) in [5.41, 5.74) is 0. The molecular weight excluding hydrogens is 273 g/mol. The van der Waals surface area contributed by atoms with Crippen LogP contribution in [0.4, 0.5) is 0 Å². The molecular formula is CrInNiTi. The van der Waals surface area contributed by atoms with E-state index in [0.29, 0.717) is 0 Å². The maximum atomic E-state index is 0. The molecule has 0 aliphatic rings. The second-order valence-corrected chi connectivity index (χ2v) is 0. The Morgan fingerprint density at radius 3 is 1.00 bits per heavy atom. The summed E-state index contributed by atoms with van der Waals surface area (Å²) in [6.45, 7) is 0. The largest absolute Gasteiger partial charge is 0 e. The van der Waals surface area contributed by atoms with Gasteiger partial charge in [0.15, 0.2) is 0 Å². The Bertz CT molecular complexity index is 8.00. The molecule has 0 fully saturated rings. The third-order valence-electron chi connectivity index (χ3n) is 0. The summed E-state index contributed by atoms with van der Waals surface area (Å²) in [6.07, 6.45) is 0. The molecule has 0 bridgehead atoms. The molecule has 4 heteroatoms. The minimum Gasteiger partial charge on any atom is 0 e. The molecule has 0 saturated heterocycles. The molecule has 0 saturated carbocycles. The van der Waals surface area contributed by atoms with Crippen molar-refractivity contribution in [3.8, 4) is 0 Å². The molecule has 0 nitrogen and oxygen atoms in total. The van der Waals surface area contributed by atoms with Gasteiger partial charge in [0, 0.05) is 81.4 Å². The van der Waals surface area contributed by atoms with E-state index in [1.54, 1.807) is 0 Å². The van der Waals surface area contributed by atoms with E-state index in [1.165, 1.54) is 0 Å². The summed E-state index contributed by atoms with van der Waals surface area (Å²) in [5, 5.41) is 0. The summed E-state index contributed by atoms with van der Waals surface area (Å²) in [4.78, 5) is 0. The predicted octanol–water partition coefficient (Wildman–Crippen LogP) is -0.388. The number of hydrogen-bond acceptors (Lipinski definition) is 0. The molecule has 0 heterocycles. The standard InChI is InChI=1S/Cr.In.Ni.Ti. The number of rotatable bonds is 0. The summed E-state index contributed by atoms with van der Waals surface area (Å²) in [6, 6.07) is 0. The second-order valence-electron chi connectivity index (χ2n) is 0. The Balaban J connectivity index is 0. The molecule has 0 N–H and O–H groups in total. The Morgan fingerprint density at radius 2 is 1.00 bits per heavy atom. The van der Waals surface area contributed by atoms with Gasteiger partial charge in [-0.3, -0.25) is 0 Å². The topological polar surface area (TPSA) is 0 Å². The van der Waals surface area contributed by atoms with Crippen LogP contribution in [-0.2, 0) is 55.6 Å². The van der Waals surface area contributed by atoms with Gasteiger partial charge in [0.2, 0.25) is 0 Å². The average Bonchev–Trinajstić information content (AvgIpc) is 0. The van der Waals surface area contributed by atoms with Crippen molar-refractivity contribution in [2.24, 2.45) is 0 Å². The molecule has 0 aromatic rings. The van der Waals surface area contributed by atoms with Crippen molar-refractivity contribution < 1.29 is 55.6 Å². The minimum absolute atomic E-state index is 0. The van der Waals surface area contributed by atoms with Crippen LogP contribution in [0.15, 0.2) is 0 Å². The monoisotopic (exact) mass is 273 g/mol. The van der Waals surface area contributed by atoms with Crippen LogP contribution < -0.4 is 0 Å². The van der Waals surface area contributed by atoms with E-state index in [9.17, 15) is 0 Å². The zero-order chi connectivity index (χ0) is 0. The van der Waals surface area contributed by atoms with Crippen LogP contribution in [-0.4, -0.2) is 25.8 Å². The van der Waals surface area contributed by atoms with E-state index in [-0.39, 0.29) is 81.4 Å². The van der Waals surface area contributed by atoms with Gasteiger partial charge in [-0.05, 0) is 0 Å². The minimum atomic E-state index is 0. The molecule has 0 aromatic carbocycles. The zero-order valence-corrected chi connectivity index (χ0v) is 8.92. The van der Waals surface area contributed by atoms with Crippen LogP contribution in [0, 0.1) is 0 Å². The summed E-state index contributed by atoms with van der Waals surface area (Å²) in [7, 11) is 0. The van der Waals surface area contributed by atoms with Crippen molar-refractivity contribution in [2.45, 2.75) is 0 Å². The number of hydrogen-bond donors (Lipinski definition) is 0. The Morgan fingerprint density at radius 1 is 1.00 bits per heavy atom. The van der Waals surface area contributed by atoms with Crippen LogP contribution in [0.5, 0.6) is 0 Å². The van der Waals surface area contributed by atoms with Gasteiger partial charge in [-0.1, -0.05) is 0 Å². The molecule has 3 radical (unpaired) electrons. The maximum absolute atomic E-state index is 0. The van der Waals surface area contributed by atoms with Gasteiger partial charge in [-0.2, -0.15) is 0 Å². The Labute approximate surface area is 80.2 Å². The van der Waals surface area contributed by atoms with E-state index < -0.39 is 0 Å². The van der Waals surface area contributed by atoms with Crippen molar-refractivity contribution in [1.29, 1.82) is 0 Å². The molecule has 0 aromatic heterocycles. The van der Waals surface area contributed by atoms with Gasteiger partial charge in [0.1, 0.15) is 0 Å². The third-order valence-corrected chi connectivity index (χ3v) is 0. The first-order chi connectivity index (χ1) is 0. The normalized spacial score (nSPS) is 0. The first-order valence-corrected chi connectivity index (χ1v) is 0. The molecule has 0 aliphatic heterocycles. The smallest absolute Gasteiger partial charge is 0 e. The fourth-order valence-electron chi connectivity index (χ4n) is 0. The van der Waals surface area contributed by atoms with Crippen molar-refractivity contribution in [1.82, 2.24) is 0 Å². The van der Waals surface area contributed by atoms with Crippen LogP contribution in [0.2, 0.25) is 0 Å². The SMILES string of the molecule is [Cr].[In].[Ni].[Ti]. The maximum Gasteiger partial charge on any atom is 0 e. The average molecular weight is 273 g/mol. The fourth-order valence-corrected chi connectivity index (χ4v) is 0. The molecule has 0 spiro atoms. The first-order valence-electron chi connectivity index (χ1n) is 0. The van der Waals surface area contributed by atoms with Gasteiger partial charge in [-0.15, -0.1) is 0 Å². The van der Waals surface area contributed by atoms with Crippen molar-refractivity contribution in [3.05, 3.63) is 0 Å². The van der Waals surface area contributed by atoms with E-state index in [2.05, 4.69) is 0 Å². The molecule has 0 amide bonds. The quantitative estimate of drug-likeness (QED) is 0.528. The summed E-state index contributed by atoms with van der Waals surface area (Å²) >= 11 is 0. The molecule has 0 unspecified atom stereocenters. The van der Waals surface area contributed by atoms with Crippen LogP contribution >= 0.6 is 0 Å². The van der Waals surface area contributed by atoms with Gasteiger partial charge in [0.05, 0.1) is 0 Å². The van der Waals surface area contributed by atoms with Gasteiger partial charge >= 0.3 is 0 Å². The molecule has 0 aliphatic carbocycles. The zero-order valence-electron chi connectivity index (χ0n) is 1.80. The van der Waals surface area contributed by atoms with Gasteiger partial charge in [0.25, 0.3) is 0 Å². The van der Waals surface area contributed by atoms with E-state index in [0.717, 1.165) is 0 Å². The van der Waals surface area contributed by atoms with Crippen molar-refractivity contribution in [2.75, 3.05) is 0 Å². The van der Waals surface area contributed by atoms with E-state index >= 15 is 0 Å². The molecule has 0 atom stereocenters. The Hall–Kier alpha value is 2.61. The van der Waals surface area contributed by atoms with Crippen molar-refractivity contribution >= 4 is 25.8 Å². The van der Waals surface area contributed by atoms with Crippen LogP contribution in [0.3, 0.4) is 0 Å². The fraction of sp³-hybridized carbons (Fsp3) is 0. The van der Waals surface area contributed by atoms with Crippen LogP contribution in [0.25, 0.3) is 0 Å². The van der Waals surface area contributed by atoms with E-state index in [1.807, 2.05) is 0 Å². The first kappa shape index (κ1) is 30.5. The van der Waals surface area contributed by atoms with Gasteiger partial charge < -0.3 is 0 Å². The van der Waals surface area contributed by atoms with Crippen LogP contribution in [0.1, 0.15) is 0 Å². The predicted molar refractivity (Wildman–Crippen MR) is 5.75 cm³/mol. The summed E-state index contributed by atoms with van der Waals surface area (Å²) < 4.78 is 0. The third kappa shape index (κ3) is 8.82. The Kier molecular flexibility index (Phi) is 134. The molecule has 4 heavy (non-hydrogen) atoms. The second kappa shape index (κ2) is 17.5. The van der Waals surface area contributed by atoms with Gasteiger partial charge in [-0.25, -0.2) is 0 Å². The van der Waals surface area contributed by atoms with Crippen molar-refractivity contribution in [3.63, 3.8) is 0 Å². The molecule has 0 rings (SSSR count). The van der Waals surface area contributed by atoms with E-state index in [4.69, 9.17) is 0 Å². The molecule has 23 valence electrons.